The molecule has 0 rings (SSSR count). The minimum absolute atomic E-state index is 0.370. The fourth-order valence-corrected chi connectivity index (χ4v) is 0.557. The number of hydrogen-bond acceptors (Lipinski definition) is 1. The highest BCUT2D eigenvalue weighted by molar-refractivity contribution is 5.90. The SMILES string of the molecule is C=CN=C(N=CC)C(C)C. The van der Waals surface area contributed by atoms with E-state index in [1.165, 1.54) is 6.20 Å². The van der Waals surface area contributed by atoms with Gasteiger partial charge in [-0.1, -0.05) is 20.4 Å². The Hall–Kier alpha value is -0.920. The Morgan fingerprint density at radius 1 is 1.50 bits per heavy atom. The molecule has 0 amide bonds. The van der Waals surface area contributed by atoms with Gasteiger partial charge in [0.25, 0.3) is 0 Å². The summed E-state index contributed by atoms with van der Waals surface area (Å²) in [6.45, 7) is 9.48. The molecule has 56 valence electrons. The summed E-state index contributed by atoms with van der Waals surface area (Å²) in [6, 6.07) is 0. The highest BCUT2D eigenvalue weighted by Gasteiger charge is 1.98. The van der Waals surface area contributed by atoms with E-state index >= 15 is 0 Å². The average Bonchev–Trinajstić information content (AvgIpc) is 1.87. The molecule has 0 aliphatic rings. The van der Waals surface area contributed by atoms with Crippen molar-refractivity contribution in [2.24, 2.45) is 15.9 Å². The van der Waals surface area contributed by atoms with Crippen molar-refractivity contribution < 1.29 is 0 Å². The second-order valence-corrected chi connectivity index (χ2v) is 2.21. The largest absolute Gasteiger partial charge is 0.246 e. The first kappa shape index (κ1) is 9.08. The molecule has 0 saturated heterocycles. The van der Waals surface area contributed by atoms with Gasteiger partial charge in [-0.25, -0.2) is 9.98 Å². The summed E-state index contributed by atoms with van der Waals surface area (Å²) in [5, 5.41) is 0. The van der Waals surface area contributed by atoms with Crippen LogP contribution in [0.2, 0.25) is 0 Å². The monoisotopic (exact) mass is 138 g/mol. The summed E-state index contributed by atoms with van der Waals surface area (Å²) in [7, 11) is 0. The van der Waals surface area contributed by atoms with Gasteiger partial charge in [-0.05, 0) is 6.92 Å². The van der Waals surface area contributed by atoms with Crippen molar-refractivity contribution in [1.29, 1.82) is 0 Å². The summed E-state index contributed by atoms with van der Waals surface area (Å²) in [6.07, 6.45) is 3.25. The number of nitrogens with zero attached hydrogens (tertiary/aromatic N) is 2. The zero-order chi connectivity index (χ0) is 7.98. The van der Waals surface area contributed by atoms with E-state index < -0.39 is 0 Å². The molecule has 0 bridgehead atoms. The summed E-state index contributed by atoms with van der Waals surface area (Å²) < 4.78 is 0. The smallest absolute Gasteiger partial charge is 0.130 e. The first-order chi connectivity index (χ1) is 4.72. The molecule has 0 heterocycles. The zero-order valence-electron chi connectivity index (χ0n) is 6.83. The third-order valence-electron chi connectivity index (χ3n) is 1.00. The molecule has 0 N–H and O–H groups in total. The fourth-order valence-electron chi connectivity index (χ4n) is 0.557. The van der Waals surface area contributed by atoms with Gasteiger partial charge in [-0.3, -0.25) is 0 Å². The molecular formula is C8H14N2. The second-order valence-electron chi connectivity index (χ2n) is 2.21. The highest BCUT2D eigenvalue weighted by atomic mass is 14.9. The van der Waals surface area contributed by atoms with E-state index in [1.807, 2.05) is 6.92 Å². The maximum absolute atomic E-state index is 4.07. The number of rotatable bonds is 2. The van der Waals surface area contributed by atoms with E-state index in [2.05, 4.69) is 30.4 Å². The maximum atomic E-state index is 4.07. The molecule has 0 spiro atoms. The van der Waals surface area contributed by atoms with Crippen LogP contribution in [0.1, 0.15) is 20.8 Å². The van der Waals surface area contributed by atoms with Crippen LogP contribution in [-0.4, -0.2) is 12.1 Å². The minimum Gasteiger partial charge on any atom is -0.246 e. The normalized spacial score (nSPS) is 13.0. The van der Waals surface area contributed by atoms with Gasteiger partial charge in [0.15, 0.2) is 0 Å². The lowest BCUT2D eigenvalue weighted by atomic mass is 10.2. The van der Waals surface area contributed by atoms with Crippen LogP contribution in [0.25, 0.3) is 0 Å². The second kappa shape index (κ2) is 4.91. The lowest BCUT2D eigenvalue weighted by molar-refractivity contribution is 0.873. The Balaban J connectivity index is 4.25. The van der Waals surface area contributed by atoms with Crippen LogP contribution in [0.15, 0.2) is 22.8 Å². The Morgan fingerprint density at radius 3 is 2.40 bits per heavy atom. The van der Waals surface area contributed by atoms with Crippen molar-refractivity contribution in [3.05, 3.63) is 12.8 Å². The van der Waals surface area contributed by atoms with Gasteiger partial charge in [0.2, 0.25) is 0 Å². The van der Waals surface area contributed by atoms with E-state index in [4.69, 9.17) is 0 Å². The van der Waals surface area contributed by atoms with Gasteiger partial charge in [-0.15, -0.1) is 0 Å². The zero-order valence-corrected chi connectivity index (χ0v) is 6.83. The van der Waals surface area contributed by atoms with Crippen molar-refractivity contribution in [3.63, 3.8) is 0 Å². The molecule has 0 atom stereocenters. The van der Waals surface area contributed by atoms with Crippen LogP contribution in [0.5, 0.6) is 0 Å². The molecule has 0 radical (unpaired) electrons. The topological polar surface area (TPSA) is 24.7 Å². The van der Waals surface area contributed by atoms with Crippen molar-refractivity contribution in [2.75, 3.05) is 0 Å². The third kappa shape index (κ3) is 3.17. The Bertz CT molecular complexity index is 155. The molecule has 0 aliphatic carbocycles. The molecular weight excluding hydrogens is 124 g/mol. The van der Waals surface area contributed by atoms with E-state index in [0.717, 1.165) is 5.84 Å². The quantitative estimate of drug-likeness (QED) is 0.413. The van der Waals surface area contributed by atoms with Crippen LogP contribution >= 0.6 is 0 Å². The molecule has 0 saturated carbocycles. The first-order valence-electron chi connectivity index (χ1n) is 3.39. The maximum Gasteiger partial charge on any atom is 0.130 e. The van der Waals surface area contributed by atoms with E-state index in [1.54, 1.807) is 6.21 Å². The third-order valence-corrected chi connectivity index (χ3v) is 1.00. The lowest BCUT2D eigenvalue weighted by Gasteiger charge is -2.00. The number of aliphatic imine (C=N–C) groups is 2. The molecule has 10 heavy (non-hydrogen) atoms. The molecule has 0 aromatic carbocycles. The van der Waals surface area contributed by atoms with E-state index in [0.29, 0.717) is 5.92 Å². The average molecular weight is 138 g/mol. The fraction of sp³-hybridized carbons (Fsp3) is 0.500. The van der Waals surface area contributed by atoms with E-state index in [-0.39, 0.29) is 0 Å². The van der Waals surface area contributed by atoms with Crippen molar-refractivity contribution in [3.8, 4) is 0 Å². The highest BCUT2D eigenvalue weighted by Crippen LogP contribution is 1.98. The first-order valence-corrected chi connectivity index (χ1v) is 3.39. The van der Waals surface area contributed by atoms with Gasteiger partial charge in [-0.2, -0.15) is 0 Å². The lowest BCUT2D eigenvalue weighted by Crippen LogP contribution is -2.03. The summed E-state index contributed by atoms with van der Waals surface area (Å²) in [4.78, 5) is 8.06. The van der Waals surface area contributed by atoms with Crippen molar-refractivity contribution in [1.82, 2.24) is 0 Å². The summed E-state index contributed by atoms with van der Waals surface area (Å²) in [5.74, 6) is 1.20. The number of amidine groups is 1. The van der Waals surface area contributed by atoms with Crippen LogP contribution in [0, 0.1) is 5.92 Å². The van der Waals surface area contributed by atoms with Gasteiger partial charge >= 0.3 is 0 Å². The van der Waals surface area contributed by atoms with Gasteiger partial charge in [0.1, 0.15) is 5.84 Å². The van der Waals surface area contributed by atoms with Crippen LogP contribution < -0.4 is 0 Å². The minimum atomic E-state index is 0.370. The number of hydrogen-bond donors (Lipinski definition) is 0. The standard InChI is InChI=1S/C8H14N2/c1-5-9-8(7(3)4)10-6-2/h5-7H,1H2,2-4H3. The Labute approximate surface area is 62.4 Å². The Morgan fingerprint density at radius 2 is 2.10 bits per heavy atom. The molecule has 0 aromatic heterocycles. The van der Waals surface area contributed by atoms with Gasteiger partial charge in [0.05, 0.1) is 0 Å². The predicted molar refractivity (Wildman–Crippen MR) is 46.6 cm³/mol. The van der Waals surface area contributed by atoms with Crippen molar-refractivity contribution in [2.45, 2.75) is 20.8 Å². The summed E-state index contributed by atoms with van der Waals surface area (Å²) >= 11 is 0. The molecule has 2 nitrogen and oxygen atoms in total. The summed E-state index contributed by atoms with van der Waals surface area (Å²) in [5.41, 5.74) is 0. The molecule has 0 aromatic rings. The molecule has 0 aliphatic heterocycles. The van der Waals surface area contributed by atoms with Crippen LogP contribution in [-0.2, 0) is 0 Å². The van der Waals surface area contributed by atoms with Crippen LogP contribution in [0.3, 0.4) is 0 Å². The van der Waals surface area contributed by atoms with E-state index in [9.17, 15) is 0 Å². The molecule has 2 heteroatoms. The van der Waals surface area contributed by atoms with Gasteiger partial charge < -0.3 is 0 Å². The van der Waals surface area contributed by atoms with Crippen LogP contribution in [0.4, 0.5) is 0 Å². The Kier molecular flexibility index (Phi) is 4.46. The van der Waals surface area contributed by atoms with Gasteiger partial charge in [0, 0.05) is 18.3 Å². The molecule has 0 fully saturated rings. The predicted octanol–water partition coefficient (Wildman–Crippen LogP) is 2.28. The van der Waals surface area contributed by atoms with Crippen molar-refractivity contribution >= 4 is 12.1 Å². The molecule has 0 unspecified atom stereocenters.